The van der Waals surface area contributed by atoms with Gasteiger partial charge in [-0.2, -0.15) is 5.10 Å². The number of hydrazone groups is 1. The monoisotopic (exact) mass is 330 g/mol. The molecule has 1 aliphatic heterocycles. The van der Waals surface area contributed by atoms with Crippen molar-refractivity contribution in [2.24, 2.45) is 5.10 Å². The zero-order chi connectivity index (χ0) is 14.1. The molecular formula is C16H15BrN2O. The van der Waals surface area contributed by atoms with Crippen molar-refractivity contribution in [2.45, 2.75) is 19.4 Å². The van der Waals surface area contributed by atoms with Crippen LogP contribution in [0.15, 0.2) is 52.0 Å². The number of hydrogen-bond acceptors (Lipinski definition) is 3. The van der Waals surface area contributed by atoms with Gasteiger partial charge in [0.1, 0.15) is 5.75 Å². The Balaban J connectivity index is 1.84. The second-order valence-electron chi connectivity index (χ2n) is 5.02. The van der Waals surface area contributed by atoms with Crippen molar-refractivity contribution in [2.75, 3.05) is 0 Å². The summed E-state index contributed by atoms with van der Waals surface area (Å²) in [4.78, 5) is 0. The van der Waals surface area contributed by atoms with Gasteiger partial charge in [0, 0.05) is 16.5 Å². The average molecular weight is 331 g/mol. The predicted molar refractivity (Wildman–Crippen MR) is 84.0 cm³/mol. The van der Waals surface area contributed by atoms with Crippen molar-refractivity contribution in [3.63, 3.8) is 0 Å². The molecule has 0 aromatic heterocycles. The van der Waals surface area contributed by atoms with E-state index in [-0.39, 0.29) is 11.8 Å². The Morgan fingerprint density at radius 1 is 1.25 bits per heavy atom. The predicted octanol–water partition coefficient (Wildman–Crippen LogP) is 3.90. The zero-order valence-electron chi connectivity index (χ0n) is 11.1. The molecule has 1 aliphatic rings. The quantitative estimate of drug-likeness (QED) is 0.877. The number of aromatic hydroxyl groups is 1. The van der Waals surface area contributed by atoms with E-state index in [1.807, 2.05) is 31.2 Å². The van der Waals surface area contributed by atoms with Gasteiger partial charge in [0.25, 0.3) is 0 Å². The number of nitrogens with one attached hydrogen (secondary N) is 1. The van der Waals surface area contributed by atoms with Gasteiger partial charge >= 0.3 is 0 Å². The number of phenolic OH excluding ortho intramolecular Hbond substituents is 1. The standard InChI is InChI=1S/C16H15BrN2O/c1-10-5-6-16(20)13(7-10)15-9-14(18-19-15)11-3-2-4-12(17)8-11/h2-8,14,18,20H,9H2,1H3. The first-order chi connectivity index (χ1) is 9.63. The third-order valence-electron chi connectivity index (χ3n) is 3.47. The molecule has 0 spiro atoms. The molecule has 4 heteroatoms. The molecule has 2 aromatic carbocycles. The Labute approximate surface area is 126 Å². The summed E-state index contributed by atoms with van der Waals surface area (Å²) < 4.78 is 1.06. The molecular weight excluding hydrogens is 316 g/mol. The van der Waals surface area contributed by atoms with Gasteiger partial charge in [-0.15, -0.1) is 0 Å². The van der Waals surface area contributed by atoms with Gasteiger partial charge < -0.3 is 10.5 Å². The molecule has 0 bridgehead atoms. The Hall–Kier alpha value is -1.81. The van der Waals surface area contributed by atoms with E-state index < -0.39 is 0 Å². The van der Waals surface area contributed by atoms with Crippen LogP contribution in [0.3, 0.4) is 0 Å². The zero-order valence-corrected chi connectivity index (χ0v) is 12.7. The smallest absolute Gasteiger partial charge is 0.124 e. The topological polar surface area (TPSA) is 44.6 Å². The van der Waals surface area contributed by atoms with E-state index in [0.717, 1.165) is 27.7 Å². The summed E-state index contributed by atoms with van der Waals surface area (Å²) in [6.45, 7) is 2.01. The fraction of sp³-hybridized carbons (Fsp3) is 0.188. The maximum absolute atomic E-state index is 9.98. The van der Waals surface area contributed by atoms with Gasteiger partial charge in [0.2, 0.25) is 0 Å². The maximum Gasteiger partial charge on any atom is 0.124 e. The first kappa shape index (κ1) is 13.2. The third-order valence-corrected chi connectivity index (χ3v) is 3.96. The number of halogens is 1. The second kappa shape index (κ2) is 5.29. The molecule has 0 aliphatic carbocycles. The minimum atomic E-state index is 0.155. The number of nitrogens with zero attached hydrogens (tertiary/aromatic N) is 1. The van der Waals surface area contributed by atoms with Gasteiger partial charge in [-0.1, -0.05) is 39.7 Å². The molecule has 102 valence electrons. The molecule has 1 unspecified atom stereocenters. The van der Waals surface area contributed by atoms with E-state index in [1.54, 1.807) is 6.07 Å². The number of rotatable bonds is 2. The SMILES string of the molecule is Cc1ccc(O)c(C2=NNC(c3cccc(Br)c3)C2)c1. The van der Waals surface area contributed by atoms with E-state index in [2.05, 4.69) is 38.6 Å². The maximum atomic E-state index is 9.98. The third kappa shape index (κ3) is 2.56. The molecule has 1 heterocycles. The summed E-state index contributed by atoms with van der Waals surface area (Å²) in [7, 11) is 0. The van der Waals surface area contributed by atoms with Crippen LogP contribution in [-0.2, 0) is 0 Å². The molecule has 1 atom stereocenters. The van der Waals surface area contributed by atoms with Crippen molar-refractivity contribution < 1.29 is 5.11 Å². The van der Waals surface area contributed by atoms with E-state index >= 15 is 0 Å². The van der Waals surface area contributed by atoms with E-state index in [9.17, 15) is 5.11 Å². The van der Waals surface area contributed by atoms with E-state index in [0.29, 0.717) is 0 Å². The molecule has 3 rings (SSSR count). The largest absolute Gasteiger partial charge is 0.507 e. The minimum absolute atomic E-state index is 0.155. The van der Waals surface area contributed by atoms with Crippen LogP contribution in [-0.4, -0.2) is 10.8 Å². The van der Waals surface area contributed by atoms with Gasteiger partial charge in [-0.3, -0.25) is 0 Å². The lowest BCUT2D eigenvalue weighted by Crippen LogP contribution is -2.09. The number of phenols is 1. The molecule has 0 fully saturated rings. The van der Waals surface area contributed by atoms with Crippen LogP contribution in [0.5, 0.6) is 5.75 Å². The van der Waals surface area contributed by atoms with Crippen LogP contribution in [0.1, 0.15) is 29.2 Å². The van der Waals surface area contributed by atoms with Crippen LogP contribution >= 0.6 is 15.9 Å². The first-order valence-electron chi connectivity index (χ1n) is 6.51. The lowest BCUT2D eigenvalue weighted by molar-refractivity contribution is 0.474. The molecule has 0 radical (unpaired) electrons. The highest BCUT2D eigenvalue weighted by Crippen LogP contribution is 2.29. The summed E-state index contributed by atoms with van der Waals surface area (Å²) in [5.41, 5.74) is 7.17. The number of aryl methyl sites for hydroxylation is 1. The fourth-order valence-corrected chi connectivity index (χ4v) is 2.82. The molecule has 2 N–H and O–H groups in total. The van der Waals surface area contributed by atoms with E-state index in [1.165, 1.54) is 5.56 Å². The molecule has 0 saturated carbocycles. The summed E-state index contributed by atoms with van der Waals surface area (Å²) in [5.74, 6) is 0.283. The fourth-order valence-electron chi connectivity index (χ4n) is 2.41. The highest BCUT2D eigenvalue weighted by atomic mass is 79.9. The van der Waals surface area contributed by atoms with Crippen molar-refractivity contribution in [1.29, 1.82) is 0 Å². The Morgan fingerprint density at radius 2 is 2.10 bits per heavy atom. The van der Waals surface area contributed by atoms with Crippen molar-refractivity contribution in [3.8, 4) is 5.75 Å². The molecule has 20 heavy (non-hydrogen) atoms. The van der Waals surface area contributed by atoms with Gasteiger partial charge in [0.15, 0.2) is 0 Å². The Bertz CT molecular complexity index is 682. The molecule has 0 amide bonds. The summed E-state index contributed by atoms with van der Waals surface area (Å²) in [6.07, 6.45) is 0.771. The van der Waals surface area contributed by atoms with Crippen LogP contribution in [0.4, 0.5) is 0 Å². The summed E-state index contributed by atoms with van der Waals surface area (Å²) >= 11 is 3.49. The molecule has 0 saturated heterocycles. The van der Waals surface area contributed by atoms with Crippen LogP contribution in [0.2, 0.25) is 0 Å². The molecule has 2 aromatic rings. The van der Waals surface area contributed by atoms with Crippen LogP contribution < -0.4 is 5.43 Å². The Kier molecular flexibility index (Phi) is 3.49. The normalized spacial score (nSPS) is 17.7. The van der Waals surface area contributed by atoms with Gasteiger partial charge in [-0.05, 0) is 36.8 Å². The molecule has 3 nitrogen and oxygen atoms in total. The number of hydrogen-bond donors (Lipinski definition) is 2. The van der Waals surface area contributed by atoms with Crippen molar-refractivity contribution >= 4 is 21.6 Å². The second-order valence-corrected chi connectivity index (χ2v) is 5.94. The summed E-state index contributed by atoms with van der Waals surface area (Å²) in [5, 5.41) is 14.4. The van der Waals surface area contributed by atoms with Crippen molar-refractivity contribution in [3.05, 3.63) is 63.6 Å². The minimum Gasteiger partial charge on any atom is -0.507 e. The van der Waals surface area contributed by atoms with E-state index in [4.69, 9.17) is 0 Å². The highest BCUT2D eigenvalue weighted by molar-refractivity contribution is 9.10. The van der Waals surface area contributed by atoms with Crippen molar-refractivity contribution in [1.82, 2.24) is 5.43 Å². The first-order valence-corrected chi connectivity index (χ1v) is 7.30. The van der Waals surface area contributed by atoms with Crippen LogP contribution in [0.25, 0.3) is 0 Å². The lowest BCUT2D eigenvalue weighted by Gasteiger charge is -2.10. The highest BCUT2D eigenvalue weighted by Gasteiger charge is 2.23. The number of benzene rings is 2. The Morgan fingerprint density at radius 3 is 2.90 bits per heavy atom. The average Bonchev–Trinajstić information content (AvgIpc) is 2.91. The van der Waals surface area contributed by atoms with Gasteiger partial charge in [0.05, 0.1) is 11.8 Å². The summed E-state index contributed by atoms with van der Waals surface area (Å²) in [6, 6.07) is 13.9. The lowest BCUT2D eigenvalue weighted by atomic mass is 9.98. The van der Waals surface area contributed by atoms with Gasteiger partial charge in [-0.25, -0.2) is 0 Å². The van der Waals surface area contributed by atoms with Crippen LogP contribution in [0, 0.1) is 6.92 Å².